The van der Waals surface area contributed by atoms with Gasteiger partial charge in [-0.05, 0) is 31.0 Å². The molecule has 0 amide bonds. The maximum absolute atomic E-state index is 5.86. The van der Waals surface area contributed by atoms with Gasteiger partial charge < -0.3 is 10.2 Å². The molecular weight excluding hydrogens is 228 g/mol. The van der Waals surface area contributed by atoms with Crippen LogP contribution in [0.3, 0.4) is 0 Å². The van der Waals surface area contributed by atoms with Crippen molar-refractivity contribution in [1.29, 1.82) is 0 Å². The van der Waals surface area contributed by atoms with Crippen LogP contribution >= 0.6 is 0 Å². The Morgan fingerprint density at radius 3 is 2.94 bits per heavy atom. The number of para-hydroxylation sites is 1. The molecule has 1 aromatic carbocycles. The van der Waals surface area contributed by atoms with Gasteiger partial charge >= 0.3 is 6.01 Å². The van der Waals surface area contributed by atoms with Gasteiger partial charge in [0, 0.05) is 12.1 Å². The molecule has 2 aromatic heterocycles. The summed E-state index contributed by atoms with van der Waals surface area (Å²) in [5.74, 6) is 0.626. The van der Waals surface area contributed by atoms with Crippen LogP contribution < -0.4 is 5.73 Å². The average molecular weight is 240 g/mol. The molecule has 1 aliphatic carbocycles. The molecule has 1 fully saturated rings. The molecule has 0 bridgehead atoms. The Kier molecular flexibility index (Phi) is 1.81. The van der Waals surface area contributed by atoms with E-state index in [1.165, 1.54) is 12.8 Å². The van der Waals surface area contributed by atoms with Gasteiger partial charge in [0.2, 0.25) is 0 Å². The highest BCUT2D eigenvalue weighted by atomic mass is 16.4. The molecule has 2 N–H and O–H groups in total. The lowest BCUT2D eigenvalue weighted by molar-refractivity contribution is 0.541. The first-order chi connectivity index (χ1) is 8.81. The summed E-state index contributed by atoms with van der Waals surface area (Å²) in [5.41, 5.74) is 8.98. The van der Waals surface area contributed by atoms with Crippen molar-refractivity contribution in [3.8, 4) is 6.01 Å². The van der Waals surface area contributed by atoms with Crippen LogP contribution in [0.5, 0.6) is 0 Å². The number of fused-ring (bicyclic) bond motifs is 1. The van der Waals surface area contributed by atoms with E-state index in [0.717, 1.165) is 5.69 Å². The predicted molar refractivity (Wildman–Crippen MR) is 67.5 cm³/mol. The van der Waals surface area contributed by atoms with Crippen molar-refractivity contribution in [3.05, 3.63) is 36.2 Å². The zero-order valence-corrected chi connectivity index (χ0v) is 9.71. The van der Waals surface area contributed by atoms with Crippen LogP contribution in [-0.4, -0.2) is 14.8 Å². The number of nitrogens with two attached hydrogens (primary N) is 1. The molecule has 3 aromatic rings. The van der Waals surface area contributed by atoms with Crippen molar-refractivity contribution in [3.63, 3.8) is 0 Å². The third-order valence-electron chi connectivity index (χ3n) is 3.24. The van der Waals surface area contributed by atoms with E-state index in [4.69, 9.17) is 10.2 Å². The maximum atomic E-state index is 5.86. The van der Waals surface area contributed by atoms with Gasteiger partial charge in [-0.3, -0.25) is 0 Å². The van der Waals surface area contributed by atoms with Crippen LogP contribution in [0, 0.1) is 0 Å². The molecule has 1 aliphatic rings. The summed E-state index contributed by atoms with van der Waals surface area (Å²) in [7, 11) is 0. The molecule has 0 spiro atoms. The van der Waals surface area contributed by atoms with E-state index >= 15 is 0 Å². The second-order valence-electron chi connectivity index (χ2n) is 4.65. The Hall–Kier alpha value is -2.30. The van der Waals surface area contributed by atoms with Crippen LogP contribution in [0.4, 0.5) is 5.69 Å². The zero-order valence-electron chi connectivity index (χ0n) is 9.71. The van der Waals surface area contributed by atoms with Crippen LogP contribution in [-0.2, 0) is 0 Å². The van der Waals surface area contributed by atoms with E-state index in [1.807, 2.05) is 30.5 Å². The molecule has 90 valence electrons. The first kappa shape index (κ1) is 9.70. The molecule has 18 heavy (non-hydrogen) atoms. The Morgan fingerprint density at radius 1 is 1.28 bits per heavy atom. The summed E-state index contributed by atoms with van der Waals surface area (Å²) in [6.07, 6.45) is 4.35. The Morgan fingerprint density at radius 2 is 2.17 bits per heavy atom. The van der Waals surface area contributed by atoms with E-state index < -0.39 is 0 Å². The van der Waals surface area contributed by atoms with Gasteiger partial charge in [-0.1, -0.05) is 6.07 Å². The zero-order chi connectivity index (χ0) is 12.1. The number of nitrogens with zero attached hydrogens (tertiary/aromatic N) is 3. The highest BCUT2D eigenvalue weighted by molar-refractivity contribution is 5.85. The molecule has 1 saturated carbocycles. The number of hydrogen-bond acceptors (Lipinski definition) is 4. The van der Waals surface area contributed by atoms with E-state index in [-0.39, 0.29) is 0 Å². The minimum absolute atomic E-state index is 0.467. The van der Waals surface area contributed by atoms with Crippen molar-refractivity contribution in [1.82, 2.24) is 14.8 Å². The smallest absolute Gasteiger partial charge is 0.323 e. The Labute approximate surface area is 103 Å². The van der Waals surface area contributed by atoms with Crippen LogP contribution in [0.25, 0.3) is 17.1 Å². The summed E-state index contributed by atoms with van der Waals surface area (Å²) in [6.45, 7) is 0. The lowest BCUT2D eigenvalue weighted by atomic mass is 10.3. The summed E-state index contributed by atoms with van der Waals surface area (Å²) in [6, 6.07) is 8.01. The standard InChI is InChI=1S/C13H12N4O/c14-9-2-1-3-11-12(9)15-13(18-11)17-7-6-10(16-17)8-4-5-8/h1-3,6-8H,4-5,14H2. The lowest BCUT2D eigenvalue weighted by Crippen LogP contribution is -1.95. The van der Waals surface area contributed by atoms with Gasteiger partial charge in [0.15, 0.2) is 5.58 Å². The van der Waals surface area contributed by atoms with Crippen molar-refractivity contribution >= 4 is 16.8 Å². The molecule has 0 atom stereocenters. The van der Waals surface area contributed by atoms with Crippen molar-refractivity contribution in [2.45, 2.75) is 18.8 Å². The van der Waals surface area contributed by atoms with E-state index in [2.05, 4.69) is 10.1 Å². The molecule has 4 rings (SSSR count). The predicted octanol–water partition coefficient (Wildman–Crippen LogP) is 2.47. The molecule has 5 nitrogen and oxygen atoms in total. The molecular formula is C13H12N4O. The number of oxazole rings is 1. The van der Waals surface area contributed by atoms with Crippen molar-refractivity contribution in [2.24, 2.45) is 0 Å². The van der Waals surface area contributed by atoms with Gasteiger partial charge in [-0.2, -0.15) is 14.8 Å². The number of aromatic nitrogens is 3. The number of nitrogen functional groups attached to an aromatic ring is 1. The molecule has 5 heteroatoms. The number of anilines is 1. The fourth-order valence-electron chi connectivity index (χ4n) is 2.10. The van der Waals surface area contributed by atoms with Gasteiger partial charge in [0.1, 0.15) is 5.52 Å². The first-order valence-corrected chi connectivity index (χ1v) is 6.02. The van der Waals surface area contributed by atoms with E-state index in [9.17, 15) is 0 Å². The second kappa shape index (κ2) is 3.35. The Balaban J connectivity index is 1.82. The minimum Gasteiger partial charge on any atom is -0.422 e. The molecule has 0 aliphatic heterocycles. The number of hydrogen-bond donors (Lipinski definition) is 1. The van der Waals surface area contributed by atoms with E-state index in [0.29, 0.717) is 28.7 Å². The van der Waals surface area contributed by atoms with Crippen molar-refractivity contribution < 1.29 is 4.42 Å². The third kappa shape index (κ3) is 1.40. The first-order valence-electron chi connectivity index (χ1n) is 6.02. The molecule has 0 radical (unpaired) electrons. The summed E-state index contributed by atoms with van der Waals surface area (Å²) in [4.78, 5) is 4.38. The third-order valence-corrected chi connectivity index (χ3v) is 3.24. The SMILES string of the molecule is Nc1cccc2oc(-n3ccc(C4CC4)n3)nc12. The van der Waals surface area contributed by atoms with Gasteiger partial charge in [-0.15, -0.1) is 0 Å². The maximum Gasteiger partial charge on any atom is 0.323 e. The van der Waals surface area contributed by atoms with Gasteiger partial charge in [0.05, 0.1) is 11.4 Å². The summed E-state index contributed by atoms with van der Waals surface area (Å²) in [5, 5.41) is 4.49. The lowest BCUT2D eigenvalue weighted by Gasteiger charge is -1.92. The Bertz CT molecular complexity index is 724. The number of rotatable bonds is 2. The minimum atomic E-state index is 0.467. The monoisotopic (exact) mass is 240 g/mol. The molecule has 2 heterocycles. The molecule has 0 unspecified atom stereocenters. The highest BCUT2D eigenvalue weighted by Gasteiger charge is 2.26. The number of benzene rings is 1. The summed E-state index contributed by atoms with van der Waals surface area (Å²) >= 11 is 0. The fourth-order valence-corrected chi connectivity index (χ4v) is 2.10. The highest BCUT2D eigenvalue weighted by Crippen LogP contribution is 2.39. The average Bonchev–Trinajstić information content (AvgIpc) is 2.93. The van der Waals surface area contributed by atoms with Crippen molar-refractivity contribution in [2.75, 3.05) is 5.73 Å². The fraction of sp³-hybridized carbons (Fsp3) is 0.231. The normalized spacial score (nSPS) is 15.3. The van der Waals surface area contributed by atoms with Crippen LogP contribution in [0.15, 0.2) is 34.9 Å². The van der Waals surface area contributed by atoms with Crippen LogP contribution in [0.1, 0.15) is 24.5 Å². The largest absolute Gasteiger partial charge is 0.422 e. The van der Waals surface area contributed by atoms with Gasteiger partial charge in [-0.25, -0.2) is 0 Å². The van der Waals surface area contributed by atoms with Gasteiger partial charge in [0.25, 0.3) is 0 Å². The molecule has 0 saturated heterocycles. The topological polar surface area (TPSA) is 69.9 Å². The van der Waals surface area contributed by atoms with Crippen LogP contribution in [0.2, 0.25) is 0 Å². The quantitative estimate of drug-likeness (QED) is 0.698. The van der Waals surface area contributed by atoms with E-state index in [1.54, 1.807) is 4.68 Å². The summed E-state index contributed by atoms with van der Waals surface area (Å²) < 4.78 is 7.33. The second-order valence-corrected chi connectivity index (χ2v) is 4.65.